The lowest BCUT2D eigenvalue weighted by atomic mass is 10.0. The molecule has 2 heterocycles. The zero-order valence-electron chi connectivity index (χ0n) is 19.2. The minimum absolute atomic E-state index is 0.291. The Morgan fingerprint density at radius 2 is 1.94 bits per heavy atom. The molecule has 2 fully saturated rings. The predicted octanol–water partition coefficient (Wildman–Crippen LogP) is 6.66. The number of halogens is 2. The highest BCUT2D eigenvalue weighted by atomic mass is 35.5. The minimum Gasteiger partial charge on any atom is -0.316 e. The fourth-order valence-electron chi connectivity index (χ4n) is 5.15. The number of imidazole rings is 1. The number of fused-ring (bicyclic) bond motifs is 1. The molecule has 0 amide bonds. The van der Waals surface area contributed by atoms with Crippen molar-refractivity contribution in [2.75, 3.05) is 13.1 Å². The summed E-state index contributed by atoms with van der Waals surface area (Å²) in [7, 11) is -3.57. The van der Waals surface area contributed by atoms with E-state index in [1.165, 1.54) is 17.8 Å². The Morgan fingerprint density at radius 1 is 1.15 bits per heavy atom. The maximum Gasteiger partial charge on any atom is 0.243 e. The van der Waals surface area contributed by atoms with E-state index in [-0.39, 0.29) is 5.82 Å². The number of rotatable bonds is 6. The van der Waals surface area contributed by atoms with Gasteiger partial charge in [0.15, 0.2) is 5.16 Å². The Labute approximate surface area is 209 Å². The molecule has 1 saturated heterocycles. The molecular formula is C25H29ClFN3O2S2. The van der Waals surface area contributed by atoms with Crippen molar-refractivity contribution in [3.63, 3.8) is 0 Å². The van der Waals surface area contributed by atoms with Gasteiger partial charge < -0.3 is 4.57 Å². The van der Waals surface area contributed by atoms with Crippen molar-refractivity contribution in [2.45, 2.75) is 67.3 Å². The van der Waals surface area contributed by atoms with Gasteiger partial charge in [-0.25, -0.2) is 17.8 Å². The van der Waals surface area contributed by atoms with Gasteiger partial charge in [-0.15, -0.1) is 0 Å². The molecule has 1 aliphatic carbocycles. The molecule has 1 aliphatic heterocycles. The Balaban J connectivity index is 1.51. The highest BCUT2D eigenvalue weighted by Gasteiger charge is 2.30. The van der Waals surface area contributed by atoms with Crippen LogP contribution < -0.4 is 0 Å². The first kappa shape index (κ1) is 24.1. The van der Waals surface area contributed by atoms with Crippen LogP contribution in [0.25, 0.3) is 11.0 Å². The Hall–Kier alpha value is -1.61. The van der Waals surface area contributed by atoms with Crippen molar-refractivity contribution in [1.29, 1.82) is 0 Å². The number of piperidine rings is 1. The van der Waals surface area contributed by atoms with Crippen LogP contribution in [0.5, 0.6) is 0 Å². The zero-order chi connectivity index (χ0) is 23.9. The summed E-state index contributed by atoms with van der Waals surface area (Å²) < 4.78 is 44.9. The van der Waals surface area contributed by atoms with E-state index in [0.29, 0.717) is 51.8 Å². The van der Waals surface area contributed by atoms with Crippen LogP contribution in [0.2, 0.25) is 5.02 Å². The van der Waals surface area contributed by atoms with E-state index in [9.17, 15) is 12.8 Å². The van der Waals surface area contributed by atoms with Crippen LogP contribution >= 0.6 is 23.4 Å². The average molecular weight is 522 g/mol. The largest absolute Gasteiger partial charge is 0.316 e. The third kappa shape index (κ3) is 4.62. The first-order valence-corrected chi connectivity index (χ1v) is 14.7. The van der Waals surface area contributed by atoms with Crippen LogP contribution in [0, 0.1) is 11.7 Å². The van der Waals surface area contributed by atoms with Gasteiger partial charge in [0, 0.05) is 35.5 Å². The van der Waals surface area contributed by atoms with Gasteiger partial charge in [0.2, 0.25) is 10.0 Å². The molecular weight excluding hydrogens is 493 g/mol. The molecule has 5 nitrogen and oxygen atoms in total. The molecule has 3 aromatic rings. The second-order valence-corrected chi connectivity index (χ2v) is 12.7. The van der Waals surface area contributed by atoms with Gasteiger partial charge in [-0.05, 0) is 61.9 Å². The smallest absolute Gasteiger partial charge is 0.243 e. The van der Waals surface area contributed by atoms with Crippen molar-refractivity contribution in [3.8, 4) is 0 Å². The van der Waals surface area contributed by atoms with Gasteiger partial charge in [-0.1, -0.05) is 49.2 Å². The summed E-state index contributed by atoms with van der Waals surface area (Å²) in [6.07, 6.45) is 6.39. The predicted molar refractivity (Wildman–Crippen MR) is 135 cm³/mol. The summed E-state index contributed by atoms with van der Waals surface area (Å²) in [5.74, 6) is 0.396. The van der Waals surface area contributed by atoms with E-state index in [4.69, 9.17) is 16.6 Å². The number of sulfonamides is 1. The van der Waals surface area contributed by atoms with Gasteiger partial charge in [0.25, 0.3) is 0 Å². The van der Waals surface area contributed by atoms with Gasteiger partial charge in [-0.2, -0.15) is 4.31 Å². The fourth-order valence-corrected chi connectivity index (χ4v) is 8.20. The first-order valence-electron chi connectivity index (χ1n) is 11.9. The van der Waals surface area contributed by atoms with Gasteiger partial charge >= 0.3 is 0 Å². The molecule has 0 N–H and O–H groups in total. The maximum absolute atomic E-state index is 14.4. The first-order chi connectivity index (χ1) is 16.3. The number of benzene rings is 2. The molecule has 0 spiro atoms. The molecule has 1 aromatic heterocycles. The van der Waals surface area contributed by atoms with Crippen molar-refractivity contribution in [1.82, 2.24) is 13.9 Å². The molecule has 1 atom stereocenters. The topological polar surface area (TPSA) is 55.2 Å². The lowest BCUT2D eigenvalue weighted by molar-refractivity contribution is 0.281. The summed E-state index contributed by atoms with van der Waals surface area (Å²) >= 11 is 7.69. The number of hydrogen-bond acceptors (Lipinski definition) is 4. The molecule has 1 saturated carbocycles. The van der Waals surface area contributed by atoms with E-state index in [2.05, 4.69) is 11.5 Å². The Bertz CT molecular complexity index is 1280. The summed E-state index contributed by atoms with van der Waals surface area (Å²) in [5.41, 5.74) is 2.06. The molecule has 182 valence electrons. The Morgan fingerprint density at radius 3 is 2.68 bits per heavy atom. The lowest BCUT2D eigenvalue weighted by Crippen LogP contribution is -2.39. The molecule has 0 radical (unpaired) electrons. The van der Waals surface area contributed by atoms with Crippen LogP contribution in [0.4, 0.5) is 4.39 Å². The van der Waals surface area contributed by atoms with Crippen LogP contribution in [-0.4, -0.2) is 35.4 Å². The molecule has 0 bridgehead atoms. The second kappa shape index (κ2) is 9.80. The van der Waals surface area contributed by atoms with E-state index in [0.717, 1.165) is 49.2 Å². The molecule has 2 aliphatic rings. The van der Waals surface area contributed by atoms with Crippen molar-refractivity contribution < 1.29 is 12.8 Å². The van der Waals surface area contributed by atoms with E-state index in [1.54, 1.807) is 28.6 Å². The van der Waals surface area contributed by atoms with Crippen LogP contribution in [0.1, 0.15) is 57.1 Å². The van der Waals surface area contributed by atoms with E-state index >= 15 is 0 Å². The number of nitrogens with zero attached hydrogens (tertiary/aromatic N) is 3. The van der Waals surface area contributed by atoms with Gasteiger partial charge in [0.1, 0.15) is 5.82 Å². The standard InChI is InChI=1S/C25H29ClFN3O2S2/c1-17-6-5-13-29(15-17)34(31,32)19-11-12-24-23(14-19)28-25(30(24)18-7-2-3-8-18)33-16-20-21(26)9-4-10-22(20)27/h4,9-12,14,17-18H,2-3,5-8,13,15-16H2,1H3. The molecule has 5 rings (SSSR count). The second-order valence-electron chi connectivity index (χ2n) is 9.45. The molecule has 2 aromatic carbocycles. The summed E-state index contributed by atoms with van der Waals surface area (Å²) in [6, 6.07) is 10.3. The third-order valence-electron chi connectivity index (χ3n) is 6.98. The molecule has 34 heavy (non-hydrogen) atoms. The summed E-state index contributed by atoms with van der Waals surface area (Å²) in [5, 5.41) is 1.18. The normalized spacial score (nSPS) is 20.4. The SMILES string of the molecule is CC1CCCN(S(=O)(=O)c2ccc3c(c2)nc(SCc2c(F)cccc2Cl)n3C2CCCC2)C1. The lowest BCUT2D eigenvalue weighted by Gasteiger charge is -2.30. The highest BCUT2D eigenvalue weighted by Crippen LogP contribution is 2.39. The zero-order valence-corrected chi connectivity index (χ0v) is 21.6. The monoisotopic (exact) mass is 521 g/mol. The van der Waals surface area contributed by atoms with Crippen LogP contribution in [-0.2, 0) is 15.8 Å². The Kier molecular flexibility index (Phi) is 6.95. The number of aromatic nitrogens is 2. The van der Waals surface area contributed by atoms with Crippen molar-refractivity contribution in [2.24, 2.45) is 5.92 Å². The van der Waals surface area contributed by atoms with Gasteiger partial charge in [-0.3, -0.25) is 0 Å². The fraction of sp³-hybridized carbons (Fsp3) is 0.480. The number of thioether (sulfide) groups is 1. The maximum atomic E-state index is 14.4. The molecule has 9 heteroatoms. The van der Waals surface area contributed by atoms with E-state index in [1.807, 2.05) is 6.07 Å². The van der Waals surface area contributed by atoms with Gasteiger partial charge in [0.05, 0.1) is 15.9 Å². The van der Waals surface area contributed by atoms with Crippen molar-refractivity contribution in [3.05, 3.63) is 52.8 Å². The molecule has 1 unspecified atom stereocenters. The quantitative estimate of drug-likeness (QED) is 0.340. The summed E-state index contributed by atoms with van der Waals surface area (Å²) in [6.45, 7) is 3.21. The van der Waals surface area contributed by atoms with Crippen LogP contribution in [0.15, 0.2) is 46.5 Å². The third-order valence-corrected chi connectivity index (χ3v) is 10.2. The number of hydrogen-bond donors (Lipinski definition) is 0. The average Bonchev–Trinajstić information content (AvgIpc) is 3.45. The highest BCUT2D eigenvalue weighted by molar-refractivity contribution is 7.98. The van der Waals surface area contributed by atoms with Crippen LogP contribution in [0.3, 0.4) is 0 Å². The van der Waals surface area contributed by atoms with E-state index < -0.39 is 10.0 Å². The minimum atomic E-state index is -3.57. The van der Waals surface area contributed by atoms with Crippen molar-refractivity contribution >= 4 is 44.4 Å². The summed E-state index contributed by atoms with van der Waals surface area (Å²) in [4.78, 5) is 5.13.